The second kappa shape index (κ2) is 6.29. The van der Waals surface area contributed by atoms with Gasteiger partial charge in [0.25, 0.3) is 0 Å². The summed E-state index contributed by atoms with van der Waals surface area (Å²) in [4.78, 5) is 15.1. The highest BCUT2D eigenvalue weighted by atomic mass is 16.5. The van der Waals surface area contributed by atoms with E-state index in [1.807, 2.05) is 18.2 Å². The molecule has 20 heavy (non-hydrogen) atoms. The van der Waals surface area contributed by atoms with Gasteiger partial charge in [0.1, 0.15) is 6.61 Å². The minimum Gasteiger partial charge on any atom is -0.470 e. The van der Waals surface area contributed by atoms with Crippen molar-refractivity contribution in [2.24, 2.45) is 0 Å². The molecule has 104 valence electrons. The van der Waals surface area contributed by atoms with E-state index in [2.05, 4.69) is 25.2 Å². The zero-order valence-electron chi connectivity index (χ0n) is 11.2. The molecule has 2 aromatic heterocycles. The van der Waals surface area contributed by atoms with Gasteiger partial charge in [-0.25, -0.2) is 0 Å². The van der Waals surface area contributed by atoms with Crippen molar-refractivity contribution in [1.29, 1.82) is 0 Å². The SMILES string of the molecule is c1ccc(COc2cncc(N3CCNCC3)n2)nc1. The summed E-state index contributed by atoms with van der Waals surface area (Å²) in [5.74, 6) is 1.40. The first-order valence-electron chi connectivity index (χ1n) is 6.72. The Labute approximate surface area is 117 Å². The van der Waals surface area contributed by atoms with Crippen LogP contribution in [0, 0.1) is 0 Å². The van der Waals surface area contributed by atoms with E-state index < -0.39 is 0 Å². The van der Waals surface area contributed by atoms with Gasteiger partial charge < -0.3 is 15.0 Å². The average Bonchev–Trinajstić information content (AvgIpc) is 2.55. The van der Waals surface area contributed by atoms with E-state index in [1.165, 1.54) is 0 Å². The Kier molecular flexibility index (Phi) is 4.03. The molecule has 0 saturated carbocycles. The number of rotatable bonds is 4. The Balaban J connectivity index is 1.65. The molecule has 1 saturated heterocycles. The molecule has 6 nitrogen and oxygen atoms in total. The molecule has 0 spiro atoms. The van der Waals surface area contributed by atoms with Crippen LogP contribution in [0.15, 0.2) is 36.8 Å². The van der Waals surface area contributed by atoms with Crippen molar-refractivity contribution in [3.63, 3.8) is 0 Å². The largest absolute Gasteiger partial charge is 0.470 e. The lowest BCUT2D eigenvalue weighted by molar-refractivity contribution is 0.288. The van der Waals surface area contributed by atoms with Crippen LogP contribution in [0.5, 0.6) is 5.88 Å². The lowest BCUT2D eigenvalue weighted by atomic mass is 10.3. The van der Waals surface area contributed by atoms with Crippen LogP contribution in [0.1, 0.15) is 5.69 Å². The Morgan fingerprint density at radius 2 is 2.10 bits per heavy atom. The van der Waals surface area contributed by atoms with Crippen LogP contribution in [0.4, 0.5) is 5.82 Å². The van der Waals surface area contributed by atoms with Crippen molar-refractivity contribution in [3.8, 4) is 5.88 Å². The Morgan fingerprint density at radius 3 is 2.90 bits per heavy atom. The fraction of sp³-hybridized carbons (Fsp3) is 0.357. The Morgan fingerprint density at radius 1 is 1.20 bits per heavy atom. The number of nitrogens with zero attached hydrogens (tertiary/aromatic N) is 4. The number of anilines is 1. The van der Waals surface area contributed by atoms with Gasteiger partial charge in [0.2, 0.25) is 5.88 Å². The monoisotopic (exact) mass is 271 g/mol. The lowest BCUT2D eigenvalue weighted by Gasteiger charge is -2.28. The van der Waals surface area contributed by atoms with Gasteiger partial charge in [0.15, 0.2) is 5.82 Å². The van der Waals surface area contributed by atoms with Crippen molar-refractivity contribution in [3.05, 3.63) is 42.5 Å². The van der Waals surface area contributed by atoms with E-state index in [9.17, 15) is 0 Å². The summed E-state index contributed by atoms with van der Waals surface area (Å²) in [6.45, 7) is 4.23. The first kappa shape index (κ1) is 12.8. The van der Waals surface area contributed by atoms with Gasteiger partial charge in [-0.15, -0.1) is 0 Å². The van der Waals surface area contributed by atoms with Crippen LogP contribution in [-0.2, 0) is 6.61 Å². The van der Waals surface area contributed by atoms with Crippen LogP contribution in [-0.4, -0.2) is 41.1 Å². The van der Waals surface area contributed by atoms with Gasteiger partial charge in [0.05, 0.1) is 18.1 Å². The molecular weight excluding hydrogens is 254 g/mol. The Bertz CT molecular complexity index is 542. The number of piperazine rings is 1. The van der Waals surface area contributed by atoms with Crippen molar-refractivity contribution >= 4 is 5.82 Å². The fourth-order valence-corrected chi connectivity index (χ4v) is 2.09. The second-order valence-corrected chi connectivity index (χ2v) is 4.56. The zero-order valence-corrected chi connectivity index (χ0v) is 11.2. The van der Waals surface area contributed by atoms with Crippen LogP contribution in [0.3, 0.4) is 0 Å². The van der Waals surface area contributed by atoms with Gasteiger partial charge in [0, 0.05) is 32.4 Å². The number of ether oxygens (including phenoxy) is 1. The average molecular weight is 271 g/mol. The normalized spacial score (nSPS) is 15.1. The second-order valence-electron chi connectivity index (χ2n) is 4.56. The summed E-state index contributed by atoms with van der Waals surface area (Å²) in [5.41, 5.74) is 0.877. The summed E-state index contributed by atoms with van der Waals surface area (Å²) < 4.78 is 5.65. The molecule has 3 rings (SSSR count). The summed E-state index contributed by atoms with van der Waals surface area (Å²) in [6, 6.07) is 5.75. The fourth-order valence-electron chi connectivity index (χ4n) is 2.09. The summed E-state index contributed by atoms with van der Waals surface area (Å²) in [5, 5.41) is 3.32. The number of hydrogen-bond acceptors (Lipinski definition) is 6. The molecule has 3 heterocycles. The predicted octanol–water partition coefficient (Wildman–Crippen LogP) is 0.860. The van der Waals surface area contributed by atoms with Gasteiger partial charge in [-0.05, 0) is 12.1 Å². The summed E-state index contributed by atoms with van der Waals surface area (Å²) in [7, 11) is 0. The van der Waals surface area contributed by atoms with Gasteiger partial charge in [-0.2, -0.15) is 4.98 Å². The van der Waals surface area contributed by atoms with Crippen LogP contribution in [0.2, 0.25) is 0 Å². The molecule has 0 radical (unpaired) electrons. The highest BCUT2D eigenvalue weighted by Gasteiger charge is 2.12. The van der Waals surface area contributed by atoms with Crippen molar-refractivity contribution in [2.45, 2.75) is 6.61 Å². The third kappa shape index (κ3) is 3.21. The van der Waals surface area contributed by atoms with Crippen molar-refractivity contribution < 1.29 is 4.74 Å². The highest BCUT2D eigenvalue weighted by molar-refractivity contribution is 5.38. The molecule has 0 bridgehead atoms. The molecule has 0 aromatic carbocycles. The number of aromatic nitrogens is 3. The maximum absolute atomic E-state index is 5.65. The number of pyridine rings is 1. The highest BCUT2D eigenvalue weighted by Crippen LogP contribution is 2.15. The third-order valence-electron chi connectivity index (χ3n) is 3.13. The minimum atomic E-state index is 0.403. The van der Waals surface area contributed by atoms with Crippen molar-refractivity contribution in [1.82, 2.24) is 20.3 Å². The smallest absolute Gasteiger partial charge is 0.234 e. The summed E-state index contributed by atoms with van der Waals surface area (Å²) >= 11 is 0. The zero-order chi connectivity index (χ0) is 13.6. The van der Waals surface area contributed by atoms with E-state index in [0.717, 1.165) is 37.7 Å². The molecule has 0 unspecified atom stereocenters. The standard InChI is InChI=1S/C14H17N5O/c1-2-4-17-12(3-1)11-20-14-10-16-9-13(18-14)19-7-5-15-6-8-19/h1-4,9-10,15H,5-8,11H2. The van der Waals surface area contributed by atoms with E-state index in [4.69, 9.17) is 4.74 Å². The molecule has 1 aliphatic heterocycles. The molecule has 2 aromatic rings. The molecule has 0 aliphatic carbocycles. The molecule has 6 heteroatoms. The predicted molar refractivity (Wildman–Crippen MR) is 75.7 cm³/mol. The number of nitrogens with one attached hydrogen (secondary N) is 1. The maximum atomic E-state index is 5.65. The first-order chi connectivity index (χ1) is 9.92. The lowest BCUT2D eigenvalue weighted by Crippen LogP contribution is -2.43. The van der Waals surface area contributed by atoms with Crippen LogP contribution in [0.25, 0.3) is 0 Å². The number of hydrogen-bond donors (Lipinski definition) is 1. The molecular formula is C14H17N5O. The Hall–Kier alpha value is -2.21. The molecule has 1 aliphatic rings. The quantitative estimate of drug-likeness (QED) is 0.890. The van der Waals surface area contributed by atoms with Crippen molar-refractivity contribution in [2.75, 3.05) is 31.1 Å². The van der Waals surface area contributed by atoms with Gasteiger partial charge >= 0.3 is 0 Å². The topological polar surface area (TPSA) is 63.2 Å². The van der Waals surface area contributed by atoms with Crippen LogP contribution >= 0.6 is 0 Å². The van der Waals surface area contributed by atoms with E-state index in [-0.39, 0.29) is 0 Å². The minimum absolute atomic E-state index is 0.403. The van der Waals surface area contributed by atoms with E-state index >= 15 is 0 Å². The molecule has 0 amide bonds. The molecule has 0 atom stereocenters. The van der Waals surface area contributed by atoms with E-state index in [0.29, 0.717) is 12.5 Å². The summed E-state index contributed by atoms with van der Waals surface area (Å²) in [6.07, 6.45) is 5.16. The third-order valence-corrected chi connectivity index (χ3v) is 3.13. The van der Waals surface area contributed by atoms with Gasteiger partial charge in [-0.1, -0.05) is 6.07 Å². The first-order valence-corrected chi connectivity index (χ1v) is 6.72. The maximum Gasteiger partial charge on any atom is 0.234 e. The van der Waals surface area contributed by atoms with Crippen LogP contribution < -0.4 is 15.0 Å². The van der Waals surface area contributed by atoms with E-state index in [1.54, 1.807) is 18.6 Å². The van der Waals surface area contributed by atoms with Gasteiger partial charge in [-0.3, -0.25) is 9.97 Å². The molecule has 1 fully saturated rings. The molecule has 1 N–H and O–H groups in total.